The molecular weight excluding hydrogens is 352 g/mol. The van der Waals surface area contributed by atoms with Gasteiger partial charge in [0.15, 0.2) is 9.84 Å². The molecule has 3 nitrogen and oxygen atoms in total. The van der Waals surface area contributed by atoms with Crippen molar-refractivity contribution >= 4 is 25.8 Å². The van der Waals surface area contributed by atoms with Gasteiger partial charge in [-0.1, -0.05) is 46.3 Å². The molecule has 3 rings (SSSR count). The minimum Gasteiger partial charge on any atom is -0.396 e. The molecule has 1 aliphatic carbocycles. The maximum atomic E-state index is 12.7. The van der Waals surface area contributed by atoms with Crippen LogP contribution in [-0.2, 0) is 9.84 Å². The predicted octanol–water partition coefficient (Wildman–Crippen LogP) is 3.00. The van der Waals surface area contributed by atoms with Gasteiger partial charge in [-0.3, -0.25) is 0 Å². The van der Waals surface area contributed by atoms with Crippen LogP contribution in [0.2, 0.25) is 0 Å². The Labute approximate surface area is 132 Å². The van der Waals surface area contributed by atoms with Gasteiger partial charge in [0, 0.05) is 22.9 Å². The minimum atomic E-state index is -3.41. The Hall–Kier alpha value is -1.17. The van der Waals surface area contributed by atoms with Gasteiger partial charge >= 0.3 is 0 Å². The molecule has 3 atom stereocenters. The van der Waals surface area contributed by atoms with E-state index in [1.807, 2.05) is 24.3 Å². The number of hydrogen-bond donors (Lipinski definition) is 1. The lowest BCUT2D eigenvalue weighted by Gasteiger charge is -2.04. The van der Waals surface area contributed by atoms with Crippen LogP contribution in [0.25, 0.3) is 0 Å². The second-order valence-corrected chi connectivity index (χ2v) is 8.27. The first-order valence-corrected chi connectivity index (χ1v) is 9.05. The number of sulfone groups is 1. The Kier molecular flexibility index (Phi) is 3.90. The van der Waals surface area contributed by atoms with E-state index in [0.717, 1.165) is 10.0 Å². The first-order valence-electron chi connectivity index (χ1n) is 6.71. The predicted molar refractivity (Wildman–Crippen MR) is 84.9 cm³/mol. The molecular formula is C16H15BrO3S. The fraction of sp³-hybridized carbons (Fsp3) is 0.250. The summed E-state index contributed by atoms with van der Waals surface area (Å²) in [5, 5.41) is 8.96. The van der Waals surface area contributed by atoms with Gasteiger partial charge in [0.1, 0.15) is 0 Å². The van der Waals surface area contributed by atoms with E-state index in [0.29, 0.717) is 4.90 Å². The summed E-state index contributed by atoms with van der Waals surface area (Å²) in [5.74, 6) is -0.357. The Morgan fingerprint density at radius 2 is 1.62 bits per heavy atom. The van der Waals surface area contributed by atoms with Gasteiger partial charge in [-0.15, -0.1) is 0 Å². The molecule has 1 N–H and O–H groups in total. The molecule has 1 saturated carbocycles. The monoisotopic (exact) mass is 366 g/mol. The Balaban J connectivity index is 1.94. The number of aliphatic hydroxyl groups excluding tert-OH is 1. The highest BCUT2D eigenvalue weighted by atomic mass is 79.9. The van der Waals surface area contributed by atoms with Crippen molar-refractivity contribution in [1.29, 1.82) is 0 Å². The lowest BCUT2D eigenvalue weighted by molar-refractivity contribution is 0.274. The second-order valence-electron chi connectivity index (χ2n) is 5.25. The smallest absolute Gasteiger partial charge is 0.182 e. The molecule has 0 bridgehead atoms. The van der Waals surface area contributed by atoms with E-state index in [1.165, 1.54) is 0 Å². The van der Waals surface area contributed by atoms with E-state index < -0.39 is 15.1 Å². The highest BCUT2D eigenvalue weighted by molar-refractivity contribution is 9.10. The van der Waals surface area contributed by atoms with E-state index in [1.54, 1.807) is 30.3 Å². The number of hydrogen-bond acceptors (Lipinski definition) is 3. The summed E-state index contributed by atoms with van der Waals surface area (Å²) in [7, 11) is -3.41. The average Bonchev–Trinajstić information content (AvgIpc) is 3.24. The third-order valence-electron chi connectivity index (χ3n) is 3.99. The second kappa shape index (κ2) is 5.55. The van der Waals surface area contributed by atoms with Gasteiger partial charge in [-0.2, -0.15) is 0 Å². The van der Waals surface area contributed by atoms with Gasteiger partial charge in [-0.25, -0.2) is 8.42 Å². The molecule has 5 heteroatoms. The van der Waals surface area contributed by atoms with Crippen LogP contribution in [0.4, 0.5) is 0 Å². The molecule has 21 heavy (non-hydrogen) atoms. The minimum absolute atomic E-state index is 0.114. The number of benzene rings is 2. The van der Waals surface area contributed by atoms with Crippen molar-refractivity contribution in [3.8, 4) is 0 Å². The van der Waals surface area contributed by atoms with Crippen molar-refractivity contribution in [2.45, 2.75) is 16.1 Å². The lowest BCUT2D eigenvalue weighted by atomic mass is 10.1. The topological polar surface area (TPSA) is 54.4 Å². The van der Waals surface area contributed by atoms with Crippen LogP contribution in [0.15, 0.2) is 64.0 Å². The van der Waals surface area contributed by atoms with Crippen LogP contribution in [0.1, 0.15) is 11.5 Å². The average molecular weight is 367 g/mol. The fourth-order valence-electron chi connectivity index (χ4n) is 2.87. The number of rotatable bonds is 4. The van der Waals surface area contributed by atoms with Crippen molar-refractivity contribution in [1.82, 2.24) is 0 Å². The van der Waals surface area contributed by atoms with Crippen molar-refractivity contribution in [2.24, 2.45) is 5.92 Å². The van der Waals surface area contributed by atoms with Crippen molar-refractivity contribution in [2.75, 3.05) is 6.61 Å². The van der Waals surface area contributed by atoms with Crippen LogP contribution in [0, 0.1) is 5.92 Å². The van der Waals surface area contributed by atoms with Crippen molar-refractivity contribution < 1.29 is 13.5 Å². The van der Waals surface area contributed by atoms with E-state index in [-0.39, 0.29) is 18.4 Å². The molecule has 1 aliphatic rings. The van der Waals surface area contributed by atoms with Crippen LogP contribution >= 0.6 is 15.9 Å². The highest BCUT2D eigenvalue weighted by Gasteiger charge is 2.58. The first-order chi connectivity index (χ1) is 10.1. The number of aliphatic hydroxyl groups is 1. The molecule has 0 saturated heterocycles. The fourth-order valence-corrected chi connectivity index (χ4v) is 5.36. The standard InChI is InChI=1S/C16H15BrO3S/c17-12-8-6-11(7-9-12)15-14(10-18)16(15)21(19,20)13-4-2-1-3-5-13/h1-9,14-16,18H,10H2/t14-,15+,16+/m0/s1. The largest absolute Gasteiger partial charge is 0.396 e. The molecule has 0 amide bonds. The molecule has 0 radical (unpaired) electrons. The third kappa shape index (κ3) is 2.65. The summed E-state index contributed by atoms with van der Waals surface area (Å²) >= 11 is 3.37. The zero-order valence-corrected chi connectivity index (χ0v) is 13.6. The SMILES string of the molecule is O=S(=O)(c1ccccc1)[C@@H]1[C@@H](CO)[C@H]1c1ccc(Br)cc1. The third-order valence-corrected chi connectivity index (χ3v) is 6.81. The summed E-state index contributed by atoms with van der Waals surface area (Å²) in [4.78, 5) is 0.327. The van der Waals surface area contributed by atoms with Crippen LogP contribution in [0.5, 0.6) is 0 Å². The molecule has 2 aromatic carbocycles. The summed E-state index contributed by atoms with van der Waals surface area (Å²) < 4.78 is 26.3. The quantitative estimate of drug-likeness (QED) is 0.904. The Bertz CT molecular complexity index is 726. The van der Waals surface area contributed by atoms with E-state index in [2.05, 4.69) is 15.9 Å². The maximum absolute atomic E-state index is 12.7. The van der Waals surface area contributed by atoms with Gasteiger partial charge < -0.3 is 5.11 Å². The number of halogens is 1. The van der Waals surface area contributed by atoms with Crippen molar-refractivity contribution in [3.05, 3.63) is 64.6 Å². The molecule has 1 fully saturated rings. The molecule has 0 heterocycles. The molecule has 2 aromatic rings. The van der Waals surface area contributed by atoms with Gasteiger partial charge in [-0.05, 0) is 29.8 Å². The zero-order chi connectivity index (χ0) is 15.0. The Morgan fingerprint density at radius 3 is 2.19 bits per heavy atom. The van der Waals surface area contributed by atoms with Crippen LogP contribution in [0.3, 0.4) is 0 Å². The molecule has 0 aliphatic heterocycles. The first kappa shape index (κ1) is 14.8. The summed E-state index contributed by atoms with van der Waals surface area (Å²) in [5.41, 5.74) is 0.960. The van der Waals surface area contributed by atoms with E-state index in [4.69, 9.17) is 0 Å². The van der Waals surface area contributed by atoms with Gasteiger partial charge in [0.25, 0.3) is 0 Å². The molecule has 0 spiro atoms. The van der Waals surface area contributed by atoms with Crippen LogP contribution < -0.4 is 0 Å². The maximum Gasteiger partial charge on any atom is 0.182 e. The van der Waals surface area contributed by atoms with Crippen LogP contribution in [-0.4, -0.2) is 25.4 Å². The van der Waals surface area contributed by atoms with E-state index in [9.17, 15) is 13.5 Å². The summed E-state index contributed by atoms with van der Waals surface area (Å²) in [6, 6.07) is 16.1. The molecule has 110 valence electrons. The van der Waals surface area contributed by atoms with Crippen molar-refractivity contribution in [3.63, 3.8) is 0 Å². The Morgan fingerprint density at radius 1 is 1.00 bits per heavy atom. The molecule has 0 unspecified atom stereocenters. The molecule has 0 aromatic heterocycles. The zero-order valence-electron chi connectivity index (χ0n) is 11.2. The highest BCUT2D eigenvalue weighted by Crippen LogP contribution is 2.53. The summed E-state index contributed by atoms with van der Waals surface area (Å²) in [6.45, 7) is -0.114. The van der Waals surface area contributed by atoms with Gasteiger partial charge in [0.2, 0.25) is 0 Å². The normalized spacial score (nSPS) is 24.8. The van der Waals surface area contributed by atoms with E-state index >= 15 is 0 Å². The van der Waals surface area contributed by atoms with Gasteiger partial charge in [0.05, 0.1) is 10.1 Å². The summed E-state index contributed by atoms with van der Waals surface area (Å²) in [6.07, 6.45) is 0. The lowest BCUT2D eigenvalue weighted by Crippen LogP contribution is -2.11.